The minimum Gasteiger partial charge on any atom is -0.493 e. The molecule has 7 heteroatoms. The van der Waals surface area contributed by atoms with Crippen LogP contribution in [0.2, 0.25) is 0 Å². The van der Waals surface area contributed by atoms with Gasteiger partial charge in [-0.15, -0.1) is 24.0 Å². The number of methoxy groups -OCH3 is 2. The SMILES string of the molecule is CN=C(NCCc1ccc(OC)c(OC)c1)NCCN(C)Cc1ccccc1.I. The summed E-state index contributed by atoms with van der Waals surface area (Å²) in [6, 6.07) is 16.5. The Hall–Kier alpha value is -2.00. The summed E-state index contributed by atoms with van der Waals surface area (Å²) < 4.78 is 10.6. The molecule has 2 N–H and O–H groups in total. The summed E-state index contributed by atoms with van der Waals surface area (Å²) in [6.07, 6.45) is 0.870. The number of hydrogen-bond acceptors (Lipinski definition) is 4. The van der Waals surface area contributed by atoms with Crippen LogP contribution in [0.25, 0.3) is 0 Å². The van der Waals surface area contributed by atoms with Crippen molar-refractivity contribution < 1.29 is 9.47 Å². The van der Waals surface area contributed by atoms with Crippen LogP contribution in [-0.2, 0) is 13.0 Å². The first-order valence-corrected chi connectivity index (χ1v) is 9.54. The van der Waals surface area contributed by atoms with E-state index in [0.717, 1.165) is 50.1 Å². The molecule has 0 amide bonds. The van der Waals surface area contributed by atoms with E-state index >= 15 is 0 Å². The van der Waals surface area contributed by atoms with Gasteiger partial charge in [0, 0.05) is 33.2 Å². The first-order valence-electron chi connectivity index (χ1n) is 9.54. The lowest BCUT2D eigenvalue weighted by Gasteiger charge is -2.18. The second-order valence-electron chi connectivity index (χ2n) is 6.59. The number of benzene rings is 2. The molecule has 2 aromatic rings. The Bertz CT molecular complexity index is 741. The molecule has 2 aromatic carbocycles. The maximum atomic E-state index is 5.36. The molecule has 0 saturated heterocycles. The van der Waals surface area contributed by atoms with E-state index in [1.165, 1.54) is 11.1 Å². The van der Waals surface area contributed by atoms with Crippen molar-refractivity contribution in [3.05, 3.63) is 59.7 Å². The normalized spacial score (nSPS) is 11.0. The second kappa shape index (κ2) is 14.1. The van der Waals surface area contributed by atoms with Crippen LogP contribution >= 0.6 is 24.0 Å². The van der Waals surface area contributed by atoms with Crippen molar-refractivity contribution in [2.75, 3.05) is 47.9 Å². The van der Waals surface area contributed by atoms with E-state index in [1.54, 1.807) is 21.3 Å². The van der Waals surface area contributed by atoms with Crippen LogP contribution in [0.3, 0.4) is 0 Å². The van der Waals surface area contributed by atoms with E-state index in [4.69, 9.17) is 9.47 Å². The van der Waals surface area contributed by atoms with Gasteiger partial charge in [-0.2, -0.15) is 0 Å². The standard InChI is InChI=1S/C22H32N4O2.HI/c1-23-22(25-14-15-26(2)17-19-8-6-5-7-9-19)24-13-12-18-10-11-20(27-3)21(16-18)28-4;/h5-11,16H,12-15,17H2,1-4H3,(H2,23,24,25);1H. The second-order valence-corrected chi connectivity index (χ2v) is 6.59. The molecule has 0 heterocycles. The average molecular weight is 512 g/mol. The molecule has 0 spiro atoms. The predicted octanol–water partition coefficient (Wildman–Crippen LogP) is 3.16. The summed E-state index contributed by atoms with van der Waals surface area (Å²) in [5.41, 5.74) is 2.51. The number of nitrogens with zero attached hydrogens (tertiary/aromatic N) is 2. The molecular formula is C22H33IN4O2. The molecule has 0 aliphatic carbocycles. The highest BCUT2D eigenvalue weighted by Gasteiger charge is 2.05. The van der Waals surface area contributed by atoms with Crippen molar-refractivity contribution in [2.24, 2.45) is 4.99 Å². The van der Waals surface area contributed by atoms with Crippen LogP contribution < -0.4 is 20.1 Å². The van der Waals surface area contributed by atoms with Crippen LogP contribution in [0.4, 0.5) is 0 Å². The van der Waals surface area contributed by atoms with Gasteiger partial charge < -0.3 is 25.0 Å². The lowest BCUT2D eigenvalue weighted by molar-refractivity contribution is 0.331. The number of guanidine groups is 1. The minimum absolute atomic E-state index is 0. The van der Waals surface area contributed by atoms with Crippen molar-refractivity contribution >= 4 is 29.9 Å². The number of hydrogen-bond donors (Lipinski definition) is 2. The fraction of sp³-hybridized carbons (Fsp3) is 0.409. The van der Waals surface area contributed by atoms with E-state index in [9.17, 15) is 0 Å². The fourth-order valence-electron chi connectivity index (χ4n) is 2.92. The number of nitrogens with one attached hydrogen (secondary N) is 2. The summed E-state index contributed by atoms with van der Waals surface area (Å²) in [7, 11) is 7.22. The molecule has 0 radical (unpaired) electrons. The molecule has 160 valence electrons. The Morgan fingerprint density at radius 1 is 0.931 bits per heavy atom. The van der Waals surface area contributed by atoms with Gasteiger partial charge in [0.05, 0.1) is 14.2 Å². The molecule has 6 nitrogen and oxygen atoms in total. The maximum absolute atomic E-state index is 5.36. The molecular weight excluding hydrogens is 479 g/mol. The Kier molecular flexibility index (Phi) is 12.1. The van der Waals surface area contributed by atoms with Crippen molar-refractivity contribution in [2.45, 2.75) is 13.0 Å². The van der Waals surface area contributed by atoms with Gasteiger partial charge in [-0.1, -0.05) is 36.4 Å². The fourth-order valence-corrected chi connectivity index (χ4v) is 2.92. The number of ether oxygens (including phenoxy) is 2. The first-order chi connectivity index (χ1) is 13.7. The molecule has 0 saturated carbocycles. The van der Waals surface area contributed by atoms with E-state index in [1.807, 2.05) is 18.2 Å². The zero-order chi connectivity index (χ0) is 20.2. The smallest absolute Gasteiger partial charge is 0.191 e. The Morgan fingerprint density at radius 2 is 1.62 bits per heavy atom. The highest BCUT2D eigenvalue weighted by molar-refractivity contribution is 14.0. The third kappa shape index (κ3) is 8.91. The highest BCUT2D eigenvalue weighted by Crippen LogP contribution is 2.27. The molecule has 0 aromatic heterocycles. The molecule has 0 aliphatic rings. The Balaban J connectivity index is 0.00000420. The quantitative estimate of drug-likeness (QED) is 0.291. The number of aliphatic imine (C=N–C) groups is 1. The molecule has 0 unspecified atom stereocenters. The van der Waals surface area contributed by atoms with Gasteiger partial charge in [0.2, 0.25) is 0 Å². The molecule has 29 heavy (non-hydrogen) atoms. The predicted molar refractivity (Wildman–Crippen MR) is 131 cm³/mol. The minimum atomic E-state index is 0. The van der Waals surface area contributed by atoms with Gasteiger partial charge >= 0.3 is 0 Å². The van der Waals surface area contributed by atoms with Crippen LogP contribution in [0.1, 0.15) is 11.1 Å². The van der Waals surface area contributed by atoms with Crippen molar-refractivity contribution in [1.82, 2.24) is 15.5 Å². The third-order valence-electron chi connectivity index (χ3n) is 4.46. The van der Waals surface area contributed by atoms with Gasteiger partial charge in [0.1, 0.15) is 0 Å². The molecule has 0 aliphatic heterocycles. The summed E-state index contributed by atoms with van der Waals surface area (Å²) in [5, 5.41) is 6.72. The summed E-state index contributed by atoms with van der Waals surface area (Å²) >= 11 is 0. The van der Waals surface area contributed by atoms with Gasteiger partial charge in [-0.05, 0) is 36.7 Å². The van der Waals surface area contributed by atoms with E-state index < -0.39 is 0 Å². The highest BCUT2D eigenvalue weighted by atomic mass is 127. The van der Waals surface area contributed by atoms with Crippen molar-refractivity contribution in [3.8, 4) is 11.5 Å². The van der Waals surface area contributed by atoms with E-state index in [-0.39, 0.29) is 24.0 Å². The first kappa shape index (κ1) is 25.0. The lowest BCUT2D eigenvalue weighted by Crippen LogP contribution is -2.41. The van der Waals surface area contributed by atoms with Crippen LogP contribution in [0.5, 0.6) is 11.5 Å². The summed E-state index contributed by atoms with van der Waals surface area (Å²) in [5.74, 6) is 2.31. The molecule has 0 fully saturated rings. The van der Waals surface area contributed by atoms with Crippen LogP contribution in [-0.4, -0.2) is 58.8 Å². The Morgan fingerprint density at radius 3 is 2.28 bits per heavy atom. The molecule has 2 rings (SSSR count). The maximum Gasteiger partial charge on any atom is 0.191 e. The lowest BCUT2D eigenvalue weighted by atomic mass is 10.1. The van der Waals surface area contributed by atoms with E-state index in [2.05, 4.69) is 57.9 Å². The van der Waals surface area contributed by atoms with Gasteiger partial charge in [0.15, 0.2) is 17.5 Å². The summed E-state index contributed by atoms with van der Waals surface area (Å²) in [6.45, 7) is 3.49. The van der Waals surface area contributed by atoms with Gasteiger partial charge in [0.25, 0.3) is 0 Å². The number of rotatable bonds is 10. The van der Waals surface area contributed by atoms with E-state index in [0.29, 0.717) is 0 Å². The molecule has 0 atom stereocenters. The summed E-state index contributed by atoms with van der Waals surface area (Å²) in [4.78, 5) is 6.58. The number of likely N-dealkylation sites (N-methyl/N-ethyl adjacent to an activating group) is 1. The zero-order valence-corrected chi connectivity index (χ0v) is 20.1. The third-order valence-corrected chi connectivity index (χ3v) is 4.46. The molecule has 0 bridgehead atoms. The topological polar surface area (TPSA) is 58.1 Å². The average Bonchev–Trinajstić information content (AvgIpc) is 2.73. The van der Waals surface area contributed by atoms with Crippen LogP contribution in [0.15, 0.2) is 53.5 Å². The zero-order valence-electron chi connectivity index (χ0n) is 17.8. The van der Waals surface area contributed by atoms with Crippen molar-refractivity contribution in [3.63, 3.8) is 0 Å². The number of halogens is 1. The monoisotopic (exact) mass is 512 g/mol. The van der Waals surface area contributed by atoms with Crippen molar-refractivity contribution in [1.29, 1.82) is 0 Å². The van der Waals surface area contributed by atoms with Gasteiger partial charge in [-0.25, -0.2) is 0 Å². The van der Waals surface area contributed by atoms with Crippen LogP contribution in [0, 0.1) is 0 Å². The van der Waals surface area contributed by atoms with Gasteiger partial charge in [-0.3, -0.25) is 4.99 Å². The Labute approximate surface area is 191 Å². The largest absolute Gasteiger partial charge is 0.493 e.